The van der Waals surface area contributed by atoms with E-state index in [0.717, 1.165) is 30.6 Å². The third-order valence-electron chi connectivity index (χ3n) is 3.44. The minimum atomic E-state index is 0. The molecule has 0 spiro atoms. The van der Waals surface area contributed by atoms with Crippen molar-refractivity contribution in [1.82, 2.24) is 5.32 Å². The van der Waals surface area contributed by atoms with E-state index in [9.17, 15) is 4.79 Å². The smallest absolute Gasteiger partial charge is 0.227 e. The van der Waals surface area contributed by atoms with Crippen LogP contribution in [0.25, 0.3) is 0 Å². The van der Waals surface area contributed by atoms with Crippen molar-refractivity contribution in [1.29, 1.82) is 0 Å². The summed E-state index contributed by atoms with van der Waals surface area (Å²) >= 11 is 2.28. The molecule has 5 heteroatoms. The molecular weight excluding hydrogens is 375 g/mol. The number of anilines is 1. The summed E-state index contributed by atoms with van der Waals surface area (Å²) in [6.07, 6.45) is 1.86. The second-order valence-electron chi connectivity index (χ2n) is 5.02. The predicted molar refractivity (Wildman–Crippen MR) is 90.0 cm³/mol. The second-order valence-corrected chi connectivity index (χ2v) is 6.27. The summed E-state index contributed by atoms with van der Waals surface area (Å²) in [6, 6.07) is 6.53. The van der Waals surface area contributed by atoms with Gasteiger partial charge in [-0.1, -0.05) is 0 Å². The number of rotatable bonds is 2. The Bertz CT molecular complexity index is 453. The number of carbonyl (C=O) groups is 1. The van der Waals surface area contributed by atoms with Crippen LogP contribution in [0.15, 0.2) is 18.2 Å². The van der Waals surface area contributed by atoms with Crippen molar-refractivity contribution >= 4 is 46.6 Å². The van der Waals surface area contributed by atoms with Gasteiger partial charge in [-0.05, 0) is 79.6 Å². The van der Waals surface area contributed by atoms with Gasteiger partial charge in [0.1, 0.15) is 0 Å². The van der Waals surface area contributed by atoms with Crippen molar-refractivity contribution in [2.24, 2.45) is 5.92 Å². The number of benzene rings is 1. The number of halogens is 2. The van der Waals surface area contributed by atoms with Crippen LogP contribution >= 0.6 is 35.0 Å². The normalized spacial score (nSPS) is 22.5. The molecule has 1 aromatic rings. The molecular formula is C14H20ClIN2O. The molecule has 1 aliphatic heterocycles. The first-order valence-electron chi connectivity index (χ1n) is 6.36. The van der Waals surface area contributed by atoms with E-state index in [-0.39, 0.29) is 24.2 Å². The fourth-order valence-electron chi connectivity index (χ4n) is 2.37. The molecule has 1 heterocycles. The maximum Gasteiger partial charge on any atom is 0.227 e. The van der Waals surface area contributed by atoms with Crippen molar-refractivity contribution in [3.05, 3.63) is 27.3 Å². The van der Waals surface area contributed by atoms with Gasteiger partial charge in [-0.3, -0.25) is 4.79 Å². The molecule has 1 saturated heterocycles. The van der Waals surface area contributed by atoms with Crippen molar-refractivity contribution in [3.63, 3.8) is 0 Å². The van der Waals surface area contributed by atoms with Crippen LogP contribution < -0.4 is 10.6 Å². The molecule has 0 unspecified atom stereocenters. The Hall–Kier alpha value is -0.330. The zero-order valence-electron chi connectivity index (χ0n) is 11.2. The average Bonchev–Trinajstić information content (AvgIpc) is 2.32. The lowest BCUT2D eigenvalue weighted by molar-refractivity contribution is -0.120. The largest absolute Gasteiger partial charge is 0.326 e. The van der Waals surface area contributed by atoms with Gasteiger partial charge in [-0.15, -0.1) is 12.4 Å². The highest BCUT2D eigenvalue weighted by Crippen LogP contribution is 2.21. The van der Waals surface area contributed by atoms with Gasteiger partial charge >= 0.3 is 0 Å². The van der Waals surface area contributed by atoms with Gasteiger partial charge < -0.3 is 10.6 Å². The Balaban J connectivity index is 0.00000180. The van der Waals surface area contributed by atoms with E-state index in [1.807, 2.05) is 19.1 Å². The Morgan fingerprint density at radius 1 is 1.47 bits per heavy atom. The lowest BCUT2D eigenvalue weighted by atomic mass is 9.92. The van der Waals surface area contributed by atoms with Crippen molar-refractivity contribution < 1.29 is 4.79 Å². The minimum absolute atomic E-state index is 0. The fourth-order valence-corrected chi connectivity index (χ4v) is 3.02. The topological polar surface area (TPSA) is 41.1 Å². The van der Waals surface area contributed by atoms with Gasteiger partial charge in [0.2, 0.25) is 5.91 Å². The lowest BCUT2D eigenvalue weighted by Crippen LogP contribution is -2.40. The molecule has 0 aliphatic carbocycles. The molecule has 2 rings (SSSR count). The number of nitrogens with one attached hydrogen (secondary N) is 2. The van der Waals surface area contributed by atoms with Crippen LogP contribution in [0.2, 0.25) is 0 Å². The van der Waals surface area contributed by atoms with Gasteiger partial charge in [-0.2, -0.15) is 0 Å². The van der Waals surface area contributed by atoms with E-state index in [1.54, 1.807) is 0 Å². The van der Waals surface area contributed by atoms with E-state index in [0.29, 0.717) is 6.04 Å². The molecule has 0 aromatic heterocycles. The maximum absolute atomic E-state index is 12.2. The van der Waals surface area contributed by atoms with Crippen LogP contribution in [0, 0.1) is 16.4 Å². The van der Waals surface area contributed by atoms with E-state index in [1.165, 1.54) is 3.57 Å². The van der Waals surface area contributed by atoms with Crippen LogP contribution in [0.4, 0.5) is 5.69 Å². The third kappa shape index (κ3) is 4.61. The number of hydrogen-bond acceptors (Lipinski definition) is 2. The summed E-state index contributed by atoms with van der Waals surface area (Å²) in [4.78, 5) is 12.2. The SMILES string of the molecule is Cc1cc(I)ccc1NC(=O)[C@H]1CCN[C@@H](C)C1.Cl. The molecule has 19 heavy (non-hydrogen) atoms. The molecule has 3 nitrogen and oxygen atoms in total. The standard InChI is InChI=1S/C14H19IN2O.ClH/c1-9-7-12(15)3-4-13(9)17-14(18)11-5-6-16-10(2)8-11;/h3-4,7,10-11,16H,5-6,8H2,1-2H3,(H,17,18);1H/t10-,11-;/m0./s1. The first kappa shape index (κ1) is 16.7. The highest BCUT2D eigenvalue weighted by atomic mass is 127. The lowest BCUT2D eigenvalue weighted by Gasteiger charge is -2.27. The van der Waals surface area contributed by atoms with E-state index in [2.05, 4.69) is 46.2 Å². The molecule has 0 bridgehead atoms. The zero-order chi connectivity index (χ0) is 13.1. The van der Waals surface area contributed by atoms with Gasteiger partial charge in [0.15, 0.2) is 0 Å². The van der Waals surface area contributed by atoms with Gasteiger partial charge in [-0.25, -0.2) is 0 Å². The highest BCUT2D eigenvalue weighted by Gasteiger charge is 2.24. The quantitative estimate of drug-likeness (QED) is 0.755. The number of amides is 1. The summed E-state index contributed by atoms with van der Waals surface area (Å²) < 4.78 is 1.19. The first-order chi connectivity index (χ1) is 8.56. The van der Waals surface area contributed by atoms with Gasteiger partial charge in [0.05, 0.1) is 0 Å². The van der Waals surface area contributed by atoms with E-state index >= 15 is 0 Å². The molecule has 1 fully saturated rings. The first-order valence-corrected chi connectivity index (χ1v) is 7.44. The zero-order valence-corrected chi connectivity index (χ0v) is 14.2. The van der Waals surface area contributed by atoms with Crippen LogP contribution in [0.1, 0.15) is 25.3 Å². The summed E-state index contributed by atoms with van der Waals surface area (Å²) in [5.74, 6) is 0.299. The number of aryl methyl sites for hydroxylation is 1. The summed E-state index contributed by atoms with van der Waals surface area (Å²) in [6.45, 7) is 5.10. The van der Waals surface area contributed by atoms with Crippen molar-refractivity contribution in [2.45, 2.75) is 32.7 Å². The molecule has 1 aromatic carbocycles. The summed E-state index contributed by atoms with van der Waals surface area (Å²) in [5, 5.41) is 6.43. The van der Waals surface area contributed by atoms with E-state index < -0.39 is 0 Å². The molecule has 1 aliphatic rings. The van der Waals surface area contributed by atoms with Gasteiger partial charge in [0.25, 0.3) is 0 Å². The van der Waals surface area contributed by atoms with Gasteiger partial charge in [0, 0.05) is 21.2 Å². The monoisotopic (exact) mass is 394 g/mol. The van der Waals surface area contributed by atoms with Crippen LogP contribution in [-0.4, -0.2) is 18.5 Å². The Morgan fingerprint density at radius 3 is 2.84 bits per heavy atom. The molecule has 2 N–H and O–H groups in total. The Morgan fingerprint density at radius 2 is 2.21 bits per heavy atom. The number of hydrogen-bond donors (Lipinski definition) is 2. The van der Waals surface area contributed by atoms with Crippen molar-refractivity contribution in [2.75, 3.05) is 11.9 Å². The maximum atomic E-state index is 12.2. The average molecular weight is 395 g/mol. The Labute approximate surface area is 134 Å². The summed E-state index contributed by atoms with van der Waals surface area (Å²) in [7, 11) is 0. The number of piperidine rings is 1. The highest BCUT2D eigenvalue weighted by molar-refractivity contribution is 14.1. The third-order valence-corrected chi connectivity index (χ3v) is 4.11. The second kappa shape index (κ2) is 7.45. The van der Waals surface area contributed by atoms with Crippen molar-refractivity contribution in [3.8, 4) is 0 Å². The van der Waals surface area contributed by atoms with Crippen LogP contribution in [0.3, 0.4) is 0 Å². The Kier molecular flexibility index (Phi) is 6.56. The molecule has 106 valence electrons. The molecule has 0 saturated carbocycles. The molecule has 2 atom stereocenters. The molecule has 0 radical (unpaired) electrons. The molecule has 1 amide bonds. The number of carbonyl (C=O) groups excluding carboxylic acids is 1. The fraction of sp³-hybridized carbons (Fsp3) is 0.500. The van der Waals surface area contributed by atoms with Crippen LogP contribution in [-0.2, 0) is 4.79 Å². The minimum Gasteiger partial charge on any atom is -0.326 e. The predicted octanol–water partition coefficient (Wildman–Crippen LogP) is 3.35. The summed E-state index contributed by atoms with van der Waals surface area (Å²) in [5.41, 5.74) is 2.06. The van der Waals surface area contributed by atoms with Crippen LogP contribution in [0.5, 0.6) is 0 Å². The van der Waals surface area contributed by atoms with E-state index in [4.69, 9.17) is 0 Å².